The Morgan fingerprint density at radius 2 is 1.93 bits per heavy atom. The number of allylic oxidation sites excluding steroid dienone is 2. The van der Waals surface area contributed by atoms with E-state index in [1.807, 2.05) is 19.2 Å². The van der Waals surface area contributed by atoms with Gasteiger partial charge in [-0.05, 0) is 18.6 Å². The van der Waals surface area contributed by atoms with Crippen molar-refractivity contribution in [1.29, 1.82) is 0 Å². The van der Waals surface area contributed by atoms with Crippen molar-refractivity contribution in [3.05, 3.63) is 36.1 Å². The molecule has 0 bridgehead atoms. The standard InChI is InChI=1S/C9H9F2NO.C2H6/c1-4-6-7(5(2)3)9(10,11)8(13)12-6;1-2/h4H,1-2H2,3H3,(H,12,13);1-2H3. The molecule has 0 radical (unpaired) electrons. The molecule has 84 valence electrons. The average molecular weight is 215 g/mol. The fourth-order valence-corrected chi connectivity index (χ4v) is 1.20. The second kappa shape index (κ2) is 4.87. The van der Waals surface area contributed by atoms with Gasteiger partial charge in [0.15, 0.2) is 0 Å². The van der Waals surface area contributed by atoms with Crippen LogP contribution >= 0.6 is 0 Å². The molecule has 4 heteroatoms. The van der Waals surface area contributed by atoms with Gasteiger partial charge in [-0.2, -0.15) is 8.78 Å². The fourth-order valence-electron chi connectivity index (χ4n) is 1.20. The van der Waals surface area contributed by atoms with Crippen molar-refractivity contribution in [2.75, 3.05) is 0 Å². The summed E-state index contributed by atoms with van der Waals surface area (Å²) < 4.78 is 26.2. The molecule has 1 aliphatic heterocycles. The van der Waals surface area contributed by atoms with Gasteiger partial charge in [0.2, 0.25) is 0 Å². The van der Waals surface area contributed by atoms with Crippen LogP contribution in [0, 0.1) is 0 Å². The first kappa shape index (κ1) is 13.5. The summed E-state index contributed by atoms with van der Waals surface area (Å²) in [5.74, 6) is -4.80. The minimum absolute atomic E-state index is 0.0440. The number of hydrogen-bond donors (Lipinski definition) is 1. The quantitative estimate of drug-likeness (QED) is 0.754. The molecular formula is C11H15F2NO. The second-order valence-corrected chi connectivity index (χ2v) is 2.80. The van der Waals surface area contributed by atoms with E-state index >= 15 is 0 Å². The van der Waals surface area contributed by atoms with E-state index in [1.165, 1.54) is 13.0 Å². The van der Waals surface area contributed by atoms with Gasteiger partial charge in [-0.15, -0.1) is 0 Å². The van der Waals surface area contributed by atoms with Crippen LogP contribution in [-0.2, 0) is 4.79 Å². The maximum absolute atomic E-state index is 13.1. The predicted octanol–water partition coefficient (Wildman–Crippen LogP) is 2.79. The molecule has 2 nitrogen and oxygen atoms in total. The van der Waals surface area contributed by atoms with Crippen molar-refractivity contribution in [2.45, 2.75) is 26.7 Å². The molecule has 1 heterocycles. The zero-order valence-electron chi connectivity index (χ0n) is 9.16. The maximum Gasteiger partial charge on any atom is 0.352 e. The van der Waals surface area contributed by atoms with E-state index < -0.39 is 11.8 Å². The van der Waals surface area contributed by atoms with E-state index in [1.54, 1.807) is 0 Å². The van der Waals surface area contributed by atoms with Crippen molar-refractivity contribution in [1.82, 2.24) is 5.32 Å². The molecule has 15 heavy (non-hydrogen) atoms. The lowest BCUT2D eigenvalue weighted by atomic mass is 10.0. The fraction of sp³-hybridized carbons (Fsp3) is 0.364. The Bertz CT molecular complexity index is 329. The van der Waals surface area contributed by atoms with Crippen LogP contribution in [0.15, 0.2) is 36.1 Å². The van der Waals surface area contributed by atoms with Crippen LogP contribution in [0.1, 0.15) is 20.8 Å². The van der Waals surface area contributed by atoms with Crippen molar-refractivity contribution in [3.63, 3.8) is 0 Å². The minimum atomic E-state index is -3.48. The first-order chi connectivity index (χ1) is 6.91. The first-order valence-corrected chi connectivity index (χ1v) is 4.63. The van der Waals surface area contributed by atoms with Gasteiger partial charge in [0.05, 0.1) is 11.3 Å². The Labute approximate surface area is 88.4 Å². The topological polar surface area (TPSA) is 29.1 Å². The zero-order chi connectivity index (χ0) is 12.2. The Morgan fingerprint density at radius 1 is 1.47 bits per heavy atom. The maximum atomic E-state index is 13.1. The molecule has 0 saturated heterocycles. The number of amides is 1. The Kier molecular flexibility index (Phi) is 4.40. The Hall–Kier alpha value is -1.45. The third-order valence-electron chi connectivity index (χ3n) is 1.75. The summed E-state index contributed by atoms with van der Waals surface area (Å²) in [7, 11) is 0. The van der Waals surface area contributed by atoms with E-state index in [4.69, 9.17) is 0 Å². The lowest BCUT2D eigenvalue weighted by Crippen LogP contribution is -2.32. The van der Waals surface area contributed by atoms with E-state index in [2.05, 4.69) is 13.2 Å². The number of carbonyl (C=O) groups excluding carboxylic acids is 1. The van der Waals surface area contributed by atoms with Gasteiger partial charge < -0.3 is 5.32 Å². The molecule has 0 aliphatic carbocycles. The van der Waals surface area contributed by atoms with E-state index in [9.17, 15) is 13.6 Å². The zero-order valence-corrected chi connectivity index (χ0v) is 9.16. The summed E-state index contributed by atoms with van der Waals surface area (Å²) in [6.07, 6.45) is 1.18. The summed E-state index contributed by atoms with van der Waals surface area (Å²) in [5.41, 5.74) is -0.159. The van der Waals surface area contributed by atoms with Crippen LogP contribution in [0.25, 0.3) is 0 Å². The van der Waals surface area contributed by atoms with Gasteiger partial charge in [-0.25, -0.2) is 0 Å². The molecule has 0 fully saturated rings. The van der Waals surface area contributed by atoms with Crippen LogP contribution in [-0.4, -0.2) is 11.8 Å². The molecule has 1 N–H and O–H groups in total. The minimum Gasteiger partial charge on any atom is -0.320 e. The number of rotatable bonds is 2. The number of alkyl halides is 2. The normalized spacial score (nSPS) is 17.8. The van der Waals surface area contributed by atoms with Gasteiger partial charge in [0, 0.05) is 0 Å². The molecule has 0 aromatic heterocycles. The van der Waals surface area contributed by atoms with Gasteiger partial charge in [0.25, 0.3) is 5.91 Å². The lowest BCUT2D eigenvalue weighted by Gasteiger charge is -2.10. The van der Waals surface area contributed by atoms with Crippen molar-refractivity contribution in [3.8, 4) is 0 Å². The second-order valence-electron chi connectivity index (χ2n) is 2.80. The third kappa shape index (κ3) is 2.32. The third-order valence-corrected chi connectivity index (χ3v) is 1.75. The van der Waals surface area contributed by atoms with Crippen LogP contribution in [0.5, 0.6) is 0 Å². The summed E-state index contributed by atoms with van der Waals surface area (Å²) in [4.78, 5) is 10.8. The van der Waals surface area contributed by atoms with E-state index in [0.29, 0.717) is 0 Å². The molecular weight excluding hydrogens is 200 g/mol. The smallest absolute Gasteiger partial charge is 0.320 e. The molecule has 0 spiro atoms. The number of halogens is 2. The monoisotopic (exact) mass is 215 g/mol. The summed E-state index contributed by atoms with van der Waals surface area (Å²) in [5, 5.41) is 2.04. The Balaban J connectivity index is 0.000000921. The first-order valence-electron chi connectivity index (χ1n) is 4.63. The number of nitrogens with one attached hydrogen (secondary N) is 1. The molecule has 1 aliphatic rings. The Morgan fingerprint density at radius 3 is 2.20 bits per heavy atom. The SMILES string of the molecule is C=CC1=C(C(=C)C)C(F)(F)C(=O)N1.CC. The van der Waals surface area contributed by atoms with Crippen molar-refractivity contribution < 1.29 is 13.6 Å². The van der Waals surface area contributed by atoms with E-state index in [-0.39, 0.29) is 16.8 Å². The van der Waals surface area contributed by atoms with E-state index in [0.717, 1.165) is 0 Å². The molecule has 0 aromatic rings. The molecule has 0 unspecified atom stereocenters. The predicted molar refractivity (Wildman–Crippen MR) is 56.5 cm³/mol. The van der Waals surface area contributed by atoms with Crippen molar-refractivity contribution in [2.24, 2.45) is 0 Å². The summed E-state index contributed by atoms with van der Waals surface area (Å²) in [6.45, 7) is 12.1. The van der Waals surface area contributed by atoms with Crippen molar-refractivity contribution >= 4 is 5.91 Å². The average Bonchev–Trinajstić information content (AvgIpc) is 2.40. The van der Waals surface area contributed by atoms with Crippen LogP contribution in [0.4, 0.5) is 8.78 Å². The summed E-state index contributed by atoms with van der Waals surface area (Å²) in [6, 6.07) is 0. The molecule has 1 rings (SSSR count). The molecule has 1 amide bonds. The van der Waals surface area contributed by atoms with Gasteiger partial charge in [-0.1, -0.05) is 27.0 Å². The highest BCUT2D eigenvalue weighted by Crippen LogP contribution is 2.36. The highest BCUT2D eigenvalue weighted by Gasteiger charge is 2.49. The highest BCUT2D eigenvalue weighted by molar-refractivity contribution is 5.94. The van der Waals surface area contributed by atoms with Gasteiger partial charge in [-0.3, -0.25) is 4.79 Å². The highest BCUT2D eigenvalue weighted by atomic mass is 19.3. The largest absolute Gasteiger partial charge is 0.352 e. The van der Waals surface area contributed by atoms with Crippen LogP contribution in [0.3, 0.4) is 0 Å². The van der Waals surface area contributed by atoms with Crippen LogP contribution in [0.2, 0.25) is 0 Å². The van der Waals surface area contributed by atoms with Gasteiger partial charge >= 0.3 is 5.92 Å². The number of carbonyl (C=O) groups is 1. The molecule has 0 atom stereocenters. The molecule has 0 aromatic carbocycles. The van der Waals surface area contributed by atoms with Crippen LogP contribution < -0.4 is 5.32 Å². The summed E-state index contributed by atoms with van der Waals surface area (Å²) >= 11 is 0. The van der Waals surface area contributed by atoms with Gasteiger partial charge in [0.1, 0.15) is 0 Å². The lowest BCUT2D eigenvalue weighted by molar-refractivity contribution is -0.137. The number of hydrogen-bond acceptors (Lipinski definition) is 1. The molecule has 0 saturated carbocycles.